The van der Waals surface area contributed by atoms with E-state index in [1.807, 2.05) is 24.3 Å². The number of fused-ring (bicyclic) bond motifs is 1. The molecule has 0 spiro atoms. The Bertz CT molecular complexity index is 1020. The highest BCUT2D eigenvalue weighted by Gasteiger charge is 2.16. The van der Waals surface area contributed by atoms with E-state index in [0.29, 0.717) is 6.54 Å². The molecule has 1 N–H and O–H groups in total. The van der Waals surface area contributed by atoms with E-state index in [4.69, 9.17) is 16.0 Å². The van der Waals surface area contributed by atoms with Crippen molar-refractivity contribution in [1.82, 2.24) is 5.32 Å². The predicted octanol–water partition coefficient (Wildman–Crippen LogP) is 6.35. The van der Waals surface area contributed by atoms with E-state index in [1.54, 1.807) is 0 Å². The highest BCUT2D eigenvalue weighted by Crippen LogP contribution is 2.36. The van der Waals surface area contributed by atoms with Gasteiger partial charge in [-0.1, -0.05) is 65.7 Å². The maximum absolute atomic E-state index is 6.18. The van der Waals surface area contributed by atoms with Crippen LogP contribution in [0.4, 0.5) is 0 Å². The first-order valence-electron chi connectivity index (χ1n) is 8.73. The summed E-state index contributed by atoms with van der Waals surface area (Å²) in [5.74, 6) is 0.948. The second-order valence-electron chi connectivity index (χ2n) is 6.50. The molecular formula is C23H20ClNO. The Hall–Kier alpha value is -2.55. The summed E-state index contributed by atoms with van der Waals surface area (Å²) in [6.45, 7) is 3.57. The highest BCUT2D eigenvalue weighted by atomic mass is 35.5. The molecule has 0 radical (unpaired) electrons. The topological polar surface area (TPSA) is 25.2 Å². The van der Waals surface area contributed by atoms with Gasteiger partial charge < -0.3 is 9.73 Å². The van der Waals surface area contributed by atoms with Crippen LogP contribution in [0.1, 0.15) is 16.9 Å². The number of hydrogen-bond donors (Lipinski definition) is 1. The predicted molar refractivity (Wildman–Crippen MR) is 108 cm³/mol. The van der Waals surface area contributed by atoms with E-state index in [1.165, 1.54) is 11.1 Å². The van der Waals surface area contributed by atoms with E-state index in [0.717, 1.165) is 39.4 Å². The molecule has 0 saturated heterocycles. The van der Waals surface area contributed by atoms with Crippen molar-refractivity contribution in [3.63, 3.8) is 0 Å². The molecule has 0 saturated carbocycles. The van der Waals surface area contributed by atoms with Crippen LogP contribution >= 0.6 is 11.6 Å². The quantitative estimate of drug-likeness (QED) is 0.448. The number of rotatable bonds is 5. The smallest absolute Gasteiger partial charge is 0.135 e. The molecule has 2 nitrogen and oxygen atoms in total. The van der Waals surface area contributed by atoms with E-state index in [-0.39, 0.29) is 0 Å². The van der Waals surface area contributed by atoms with Crippen LogP contribution in [0.2, 0.25) is 5.02 Å². The molecule has 0 unspecified atom stereocenters. The van der Waals surface area contributed by atoms with Gasteiger partial charge in [0.2, 0.25) is 0 Å². The molecule has 3 heteroatoms. The number of benzene rings is 3. The fourth-order valence-electron chi connectivity index (χ4n) is 3.24. The molecule has 0 atom stereocenters. The lowest BCUT2D eigenvalue weighted by atomic mass is 10.0. The summed E-state index contributed by atoms with van der Waals surface area (Å²) in [6, 6.07) is 24.6. The Morgan fingerprint density at radius 3 is 2.42 bits per heavy atom. The van der Waals surface area contributed by atoms with E-state index < -0.39 is 0 Å². The van der Waals surface area contributed by atoms with Gasteiger partial charge in [-0.3, -0.25) is 0 Å². The van der Waals surface area contributed by atoms with E-state index >= 15 is 0 Å². The largest absolute Gasteiger partial charge is 0.459 e. The van der Waals surface area contributed by atoms with Crippen molar-refractivity contribution >= 4 is 22.6 Å². The molecule has 1 aromatic heterocycles. The van der Waals surface area contributed by atoms with Crippen molar-refractivity contribution in [3.8, 4) is 11.1 Å². The Morgan fingerprint density at radius 2 is 1.65 bits per heavy atom. The second-order valence-corrected chi connectivity index (χ2v) is 6.93. The molecule has 0 fully saturated rings. The van der Waals surface area contributed by atoms with Crippen LogP contribution in [-0.4, -0.2) is 0 Å². The summed E-state index contributed by atoms with van der Waals surface area (Å²) >= 11 is 6.07. The van der Waals surface area contributed by atoms with E-state index in [9.17, 15) is 0 Å². The summed E-state index contributed by atoms with van der Waals surface area (Å²) in [6.07, 6.45) is 0. The molecular weight excluding hydrogens is 342 g/mol. The molecule has 0 amide bonds. The van der Waals surface area contributed by atoms with Gasteiger partial charge in [0, 0.05) is 22.5 Å². The van der Waals surface area contributed by atoms with Crippen molar-refractivity contribution in [1.29, 1.82) is 0 Å². The summed E-state index contributed by atoms with van der Waals surface area (Å²) in [4.78, 5) is 0. The minimum Gasteiger partial charge on any atom is -0.459 e. The standard InChI is InChI=1S/C23H20ClNO/c1-16-7-12-21-20(13-16)23(18-8-10-19(24)11-9-18)22(26-21)15-25-14-17-5-3-2-4-6-17/h2-13,25H,14-15H2,1H3. The van der Waals surface area contributed by atoms with Gasteiger partial charge >= 0.3 is 0 Å². The SMILES string of the molecule is Cc1ccc2oc(CNCc3ccccc3)c(-c3ccc(Cl)cc3)c2c1. The van der Waals surface area contributed by atoms with Crippen molar-refractivity contribution < 1.29 is 4.42 Å². The van der Waals surface area contributed by atoms with Gasteiger partial charge in [0.1, 0.15) is 11.3 Å². The lowest BCUT2D eigenvalue weighted by Crippen LogP contribution is -2.12. The molecule has 1 heterocycles. The summed E-state index contributed by atoms with van der Waals surface area (Å²) in [5.41, 5.74) is 5.65. The van der Waals surface area contributed by atoms with Crippen LogP contribution in [-0.2, 0) is 13.1 Å². The van der Waals surface area contributed by atoms with Crippen molar-refractivity contribution in [2.45, 2.75) is 20.0 Å². The third kappa shape index (κ3) is 3.52. The zero-order valence-electron chi connectivity index (χ0n) is 14.6. The maximum atomic E-state index is 6.18. The van der Waals surface area contributed by atoms with Crippen LogP contribution < -0.4 is 5.32 Å². The van der Waals surface area contributed by atoms with Gasteiger partial charge in [-0.2, -0.15) is 0 Å². The Kier molecular flexibility index (Phi) is 4.79. The van der Waals surface area contributed by atoms with Gasteiger partial charge in [0.25, 0.3) is 0 Å². The van der Waals surface area contributed by atoms with Gasteiger partial charge in [0.05, 0.1) is 6.54 Å². The van der Waals surface area contributed by atoms with Crippen molar-refractivity contribution in [2.24, 2.45) is 0 Å². The summed E-state index contributed by atoms with van der Waals surface area (Å²) in [7, 11) is 0. The second kappa shape index (κ2) is 7.36. The molecule has 130 valence electrons. The molecule has 3 aromatic carbocycles. The monoisotopic (exact) mass is 361 g/mol. The molecule has 0 bridgehead atoms. The molecule has 0 aliphatic carbocycles. The van der Waals surface area contributed by atoms with E-state index in [2.05, 4.69) is 60.8 Å². The first-order valence-corrected chi connectivity index (χ1v) is 9.11. The number of furan rings is 1. The van der Waals surface area contributed by atoms with Crippen LogP contribution in [0.3, 0.4) is 0 Å². The third-order valence-electron chi connectivity index (χ3n) is 4.51. The first-order chi connectivity index (χ1) is 12.7. The van der Waals surface area contributed by atoms with Gasteiger partial charge in [-0.25, -0.2) is 0 Å². The average Bonchev–Trinajstić information content (AvgIpc) is 3.01. The minimum absolute atomic E-state index is 0.667. The molecule has 4 rings (SSSR count). The third-order valence-corrected chi connectivity index (χ3v) is 4.76. The van der Waals surface area contributed by atoms with Crippen molar-refractivity contribution in [2.75, 3.05) is 0 Å². The molecule has 0 aliphatic rings. The van der Waals surface area contributed by atoms with Gasteiger partial charge in [0.15, 0.2) is 0 Å². The zero-order chi connectivity index (χ0) is 17.9. The fourth-order valence-corrected chi connectivity index (χ4v) is 3.36. The van der Waals surface area contributed by atoms with Crippen LogP contribution in [0, 0.1) is 6.92 Å². The molecule has 26 heavy (non-hydrogen) atoms. The lowest BCUT2D eigenvalue weighted by molar-refractivity contribution is 0.515. The summed E-state index contributed by atoms with van der Waals surface area (Å²) < 4.78 is 6.18. The number of nitrogens with one attached hydrogen (secondary N) is 1. The number of halogens is 1. The minimum atomic E-state index is 0.667. The van der Waals surface area contributed by atoms with Crippen LogP contribution in [0.25, 0.3) is 22.1 Å². The van der Waals surface area contributed by atoms with Crippen LogP contribution in [0.15, 0.2) is 77.2 Å². The van der Waals surface area contributed by atoms with Gasteiger partial charge in [-0.15, -0.1) is 0 Å². The first kappa shape index (κ1) is 16.9. The fraction of sp³-hybridized carbons (Fsp3) is 0.130. The average molecular weight is 362 g/mol. The van der Waals surface area contributed by atoms with Crippen molar-refractivity contribution in [3.05, 3.63) is 94.7 Å². The Morgan fingerprint density at radius 1 is 0.885 bits per heavy atom. The van der Waals surface area contributed by atoms with Gasteiger partial charge in [-0.05, 0) is 42.3 Å². The lowest BCUT2D eigenvalue weighted by Gasteiger charge is -2.06. The summed E-state index contributed by atoms with van der Waals surface area (Å²) in [5, 5.41) is 5.38. The Labute approximate surface area is 158 Å². The molecule has 4 aromatic rings. The normalized spacial score (nSPS) is 11.2. The highest BCUT2D eigenvalue weighted by molar-refractivity contribution is 6.30. The van der Waals surface area contributed by atoms with Crippen LogP contribution in [0.5, 0.6) is 0 Å². The maximum Gasteiger partial charge on any atom is 0.135 e. The molecule has 0 aliphatic heterocycles. The Balaban J connectivity index is 1.69. The number of hydrogen-bond acceptors (Lipinski definition) is 2. The number of aryl methyl sites for hydroxylation is 1. The zero-order valence-corrected chi connectivity index (χ0v) is 15.4.